The fourth-order valence-corrected chi connectivity index (χ4v) is 6.70. The molecule has 24 heavy (non-hydrogen) atoms. The van der Waals surface area contributed by atoms with E-state index >= 15 is 0 Å². The van der Waals surface area contributed by atoms with Crippen molar-refractivity contribution in [2.24, 2.45) is 43.5 Å². The monoisotopic (exact) mass is 328 g/mol. The Kier molecular flexibility index (Phi) is 3.46. The average molecular weight is 329 g/mol. The average Bonchev–Trinajstić information content (AvgIpc) is 3.02. The Labute approximate surface area is 148 Å². The van der Waals surface area contributed by atoms with Crippen molar-refractivity contribution in [3.05, 3.63) is 0 Å². The molecule has 0 amide bonds. The van der Waals surface area contributed by atoms with Gasteiger partial charge in [-0.2, -0.15) is 0 Å². The van der Waals surface area contributed by atoms with Crippen LogP contribution in [0.15, 0.2) is 9.98 Å². The summed E-state index contributed by atoms with van der Waals surface area (Å²) in [6.45, 7) is 16.6. The molecule has 2 heteroatoms. The number of hydrogen-bond donors (Lipinski definition) is 0. The molecule has 4 aliphatic carbocycles. The van der Waals surface area contributed by atoms with Crippen molar-refractivity contribution in [1.29, 1.82) is 0 Å². The van der Waals surface area contributed by atoms with Gasteiger partial charge in [0.05, 0.1) is 13.1 Å². The fraction of sp³-hybridized carbons (Fsp3) is 0.909. The summed E-state index contributed by atoms with van der Waals surface area (Å²) in [7, 11) is 0. The van der Waals surface area contributed by atoms with Crippen LogP contribution in [0.4, 0.5) is 0 Å². The number of fused-ring (bicyclic) bond motifs is 4. The van der Waals surface area contributed by atoms with Gasteiger partial charge in [0, 0.05) is 22.3 Å². The Morgan fingerprint density at radius 1 is 0.708 bits per heavy atom. The predicted molar refractivity (Wildman–Crippen MR) is 103 cm³/mol. The summed E-state index contributed by atoms with van der Waals surface area (Å²) in [5.74, 6) is 1.72. The first-order valence-electron chi connectivity index (χ1n) is 10.2. The highest BCUT2D eigenvalue weighted by Gasteiger charge is 2.60. The fourth-order valence-electron chi connectivity index (χ4n) is 6.70. The van der Waals surface area contributed by atoms with Gasteiger partial charge in [-0.25, -0.2) is 0 Å². The summed E-state index contributed by atoms with van der Waals surface area (Å²) in [5, 5.41) is 0. The van der Waals surface area contributed by atoms with Gasteiger partial charge in [0.2, 0.25) is 0 Å². The molecule has 0 aromatic carbocycles. The molecule has 4 saturated carbocycles. The molecule has 4 rings (SSSR count). The Morgan fingerprint density at radius 2 is 1.08 bits per heavy atom. The molecule has 0 aliphatic heterocycles. The van der Waals surface area contributed by atoms with Crippen LogP contribution in [0.2, 0.25) is 0 Å². The molecule has 0 N–H and O–H groups in total. The molecule has 0 unspecified atom stereocenters. The molecule has 4 aliphatic rings. The third-order valence-electron chi connectivity index (χ3n) is 9.73. The van der Waals surface area contributed by atoms with Crippen molar-refractivity contribution in [1.82, 2.24) is 0 Å². The molecule has 4 bridgehead atoms. The van der Waals surface area contributed by atoms with E-state index in [4.69, 9.17) is 9.98 Å². The molecule has 0 saturated heterocycles. The van der Waals surface area contributed by atoms with E-state index in [9.17, 15) is 0 Å². The van der Waals surface area contributed by atoms with Crippen LogP contribution in [0.1, 0.15) is 80.1 Å². The normalized spacial score (nSPS) is 48.1. The maximum Gasteiger partial charge on any atom is 0.0584 e. The predicted octanol–water partition coefficient (Wildman–Crippen LogP) is 5.56. The van der Waals surface area contributed by atoms with Gasteiger partial charge in [-0.3, -0.25) is 9.98 Å². The first kappa shape index (κ1) is 16.8. The van der Waals surface area contributed by atoms with Crippen LogP contribution in [-0.2, 0) is 0 Å². The SMILES string of the molecule is CC1(C)[C@H]2CC[C@]1(C)C(=NCCN=C1C[C@@H]3CC[C@@]1(C)C3(C)C)C2. The third-order valence-corrected chi connectivity index (χ3v) is 9.73. The van der Waals surface area contributed by atoms with E-state index in [0.717, 1.165) is 24.9 Å². The van der Waals surface area contributed by atoms with Crippen molar-refractivity contribution in [3.8, 4) is 0 Å². The van der Waals surface area contributed by atoms with Crippen molar-refractivity contribution in [3.63, 3.8) is 0 Å². The van der Waals surface area contributed by atoms with Gasteiger partial charge in [0.15, 0.2) is 0 Å². The van der Waals surface area contributed by atoms with Crippen LogP contribution in [0, 0.1) is 33.5 Å². The van der Waals surface area contributed by atoms with Gasteiger partial charge >= 0.3 is 0 Å². The maximum absolute atomic E-state index is 5.06. The zero-order valence-corrected chi connectivity index (χ0v) is 16.7. The standard InChI is InChI=1S/C22H36N2/c1-19(2)15-7-9-21(19,5)17(13-15)23-11-12-24-18-14-16-8-10-22(18,6)20(16,3)4/h15-16H,7-14H2,1-6H3/t15-,16-,21+,22+/m0/s1. The molecule has 0 aromatic rings. The van der Waals surface area contributed by atoms with Gasteiger partial charge in [0.1, 0.15) is 0 Å². The number of hydrogen-bond acceptors (Lipinski definition) is 2. The second-order valence-corrected chi connectivity index (χ2v) is 10.6. The lowest BCUT2D eigenvalue weighted by atomic mass is 9.70. The minimum atomic E-state index is 0.352. The van der Waals surface area contributed by atoms with Gasteiger partial charge in [-0.1, -0.05) is 41.5 Å². The number of nitrogens with zero attached hydrogens (tertiary/aromatic N) is 2. The number of rotatable bonds is 3. The molecule has 2 nitrogen and oxygen atoms in total. The molecule has 0 radical (unpaired) electrons. The largest absolute Gasteiger partial charge is 0.292 e. The summed E-state index contributed by atoms with van der Waals surface area (Å²) in [5.41, 5.74) is 4.60. The molecule has 4 atom stereocenters. The van der Waals surface area contributed by atoms with E-state index in [2.05, 4.69) is 41.5 Å². The molecular formula is C22H36N2. The lowest BCUT2D eigenvalue weighted by Crippen LogP contribution is -2.33. The molecule has 0 heterocycles. The third kappa shape index (κ3) is 1.89. The lowest BCUT2D eigenvalue weighted by molar-refractivity contribution is 0.193. The van der Waals surface area contributed by atoms with E-state index in [1.807, 2.05) is 0 Å². The van der Waals surface area contributed by atoms with Crippen molar-refractivity contribution < 1.29 is 0 Å². The molecule has 0 spiro atoms. The minimum Gasteiger partial charge on any atom is -0.292 e. The summed E-state index contributed by atoms with van der Waals surface area (Å²) >= 11 is 0. The van der Waals surface area contributed by atoms with Crippen LogP contribution >= 0.6 is 0 Å². The van der Waals surface area contributed by atoms with Crippen LogP contribution in [0.3, 0.4) is 0 Å². The Hall–Kier alpha value is -0.660. The van der Waals surface area contributed by atoms with Crippen molar-refractivity contribution in [2.75, 3.05) is 13.1 Å². The zero-order chi connectivity index (χ0) is 17.4. The summed E-state index contributed by atoms with van der Waals surface area (Å²) in [6, 6.07) is 0. The molecule has 0 aromatic heterocycles. The van der Waals surface area contributed by atoms with Crippen LogP contribution in [0.25, 0.3) is 0 Å². The van der Waals surface area contributed by atoms with Gasteiger partial charge < -0.3 is 0 Å². The van der Waals surface area contributed by atoms with Crippen LogP contribution < -0.4 is 0 Å². The van der Waals surface area contributed by atoms with E-state index in [1.165, 1.54) is 49.9 Å². The summed E-state index contributed by atoms with van der Waals surface area (Å²) in [4.78, 5) is 10.1. The smallest absolute Gasteiger partial charge is 0.0584 e. The second kappa shape index (κ2) is 4.95. The molecule has 4 fully saturated rings. The van der Waals surface area contributed by atoms with E-state index in [-0.39, 0.29) is 0 Å². The lowest BCUT2D eigenvalue weighted by Gasteiger charge is -2.35. The topological polar surface area (TPSA) is 24.7 Å². The second-order valence-electron chi connectivity index (χ2n) is 10.6. The summed E-state index contributed by atoms with van der Waals surface area (Å²) in [6.07, 6.45) is 7.97. The van der Waals surface area contributed by atoms with Crippen LogP contribution in [0.5, 0.6) is 0 Å². The molecule has 134 valence electrons. The summed E-state index contributed by atoms with van der Waals surface area (Å²) < 4.78 is 0. The first-order valence-corrected chi connectivity index (χ1v) is 10.2. The minimum absolute atomic E-state index is 0.352. The Balaban J connectivity index is 1.43. The van der Waals surface area contributed by atoms with Crippen molar-refractivity contribution in [2.45, 2.75) is 80.1 Å². The quantitative estimate of drug-likeness (QED) is 0.606. The van der Waals surface area contributed by atoms with Gasteiger partial charge in [-0.15, -0.1) is 0 Å². The highest BCUT2D eigenvalue weighted by molar-refractivity contribution is 5.95. The van der Waals surface area contributed by atoms with Crippen molar-refractivity contribution >= 4 is 11.4 Å². The number of aliphatic imine (C=N–C) groups is 2. The van der Waals surface area contributed by atoms with Crippen LogP contribution in [-0.4, -0.2) is 24.5 Å². The highest BCUT2D eigenvalue weighted by Crippen LogP contribution is 2.65. The van der Waals surface area contributed by atoms with E-state index in [1.54, 1.807) is 0 Å². The Bertz CT molecular complexity index is 557. The van der Waals surface area contributed by atoms with E-state index < -0.39 is 0 Å². The zero-order valence-electron chi connectivity index (χ0n) is 16.7. The maximum atomic E-state index is 5.06. The Morgan fingerprint density at radius 3 is 1.33 bits per heavy atom. The highest BCUT2D eigenvalue weighted by atomic mass is 14.9. The molecular weight excluding hydrogens is 292 g/mol. The van der Waals surface area contributed by atoms with E-state index in [0.29, 0.717) is 21.7 Å². The van der Waals surface area contributed by atoms with Gasteiger partial charge in [0.25, 0.3) is 0 Å². The van der Waals surface area contributed by atoms with Gasteiger partial charge in [-0.05, 0) is 61.2 Å². The first-order chi connectivity index (χ1) is 11.1.